The molecule has 0 aromatic heterocycles. The van der Waals surface area contributed by atoms with Gasteiger partial charge in [-0.1, -0.05) is 27.7 Å². The zero-order chi connectivity index (χ0) is 37.2. The Bertz CT molecular complexity index is 1570. The summed E-state index contributed by atoms with van der Waals surface area (Å²) in [4.78, 5) is 57.7. The van der Waals surface area contributed by atoms with Crippen LogP contribution in [0.2, 0.25) is 0 Å². The molecule has 2 heterocycles. The Morgan fingerprint density at radius 3 is 1.81 bits per heavy atom. The molecular weight excluding hydrogens is 652 g/mol. The molecule has 4 unspecified atom stereocenters. The van der Waals surface area contributed by atoms with E-state index in [-0.39, 0.29) is 63.7 Å². The van der Waals surface area contributed by atoms with Gasteiger partial charge in [-0.15, -0.1) is 0 Å². The van der Waals surface area contributed by atoms with Gasteiger partial charge in [0.25, 0.3) is 0 Å². The second-order valence-electron chi connectivity index (χ2n) is 19.7. The maximum absolute atomic E-state index is 14.3. The Balaban J connectivity index is 1.19. The van der Waals surface area contributed by atoms with Gasteiger partial charge in [0.2, 0.25) is 11.8 Å². The third kappa shape index (κ3) is 4.53. The van der Waals surface area contributed by atoms with Gasteiger partial charge in [-0.25, -0.2) is 9.59 Å². The van der Waals surface area contributed by atoms with Crippen molar-refractivity contribution in [2.45, 2.75) is 141 Å². The summed E-state index contributed by atoms with van der Waals surface area (Å²) < 4.78 is 0. The molecule has 14 atom stereocenters. The first-order valence-electron chi connectivity index (χ1n) is 20.8. The molecule has 0 bridgehead atoms. The van der Waals surface area contributed by atoms with Crippen molar-refractivity contribution in [3.05, 3.63) is 11.6 Å². The van der Waals surface area contributed by atoms with Crippen molar-refractivity contribution in [1.82, 2.24) is 31.1 Å². The molecule has 288 valence electrons. The highest BCUT2D eigenvalue weighted by Gasteiger charge is 2.72. The first kappa shape index (κ1) is 36.2. The molecule has 6 saturated carbocycles. The molecular formula is C42H66N6O4. The minimum atomic E-state index is -0.513. The lowest BCUT2D eigenvalue weighted by Crippen LogP contribution is -2.74. The number of amides is 6. The van der Waals surface area contributed by atoms with Crippen molar-refractivity contribution >= 4 is 23.9 Å². The number of nitrogens with zero attached hydrogens (tertiary/aromatic N) is 2. The summed E-state index contributed by atoms with van der Waals surface area (Å²) in [5.74, 6) is 3.31. The number of fused-ring (bicyclic) bond motifs is 10. The number of rotatable bonds is 3. The van der Waals surface area contributed by atoms with Crippen molar-refractivity contribution in [3.63, 3.8) is 0 Å². The molecule has 6 amide bonds. The summed E-state index contributed by atoms with van der Waals surface area (Å²) in [7, 11) is 7.51. The van der Waals surface area contributed by atoms with E-state index in [0.29, 0.717) is 41.9 Å². The summed E-state index contributed by atoms with van der Waals surface area (Å²) in [6.07, 6.45) is 16.1. The van der Waals surface area contributed by atoms with Crippen LogP contribution in [0.15, 0.2) is 11.6 Å². The van der Waals surface area contributed by atoms with E-state index in [2.05, 4.69) is 71.9 Å². The number of nitrogens with one attached hydrogen (secondary N) is 4. The largest absolute Gasteiger partial charge is 0.341 e. The highest BCUT2D eigenvalue weighted by Crippen LogP contribution is 2.73. The lowest BCUT2D eigenvalue weighted by Gasteiger charge is -2.72. The van der Waals surface area contributed by atoms with Crippen molar-refractivity contribution in [3.8, 4) is 0 Å². The zero-order valence-electron chi connectivity index (χ0n) is 33.2. The van der Waals surface area contributed by atoms with Gasteiger partial charge in [-0.2, -0.15) is 0 Å². The molecule has 6 aliphatic carbocycles. The Hall–Kier alpha value is -2.78. The molecule has 8 aliphatic rings. The number of hydrogen-bond acceptors (Lipinski definition) is 4. The van der Waals surface area contributed by atoms with Crippen LogP contribution in [0.25, 0.3) is 0 Å². The van der Waals surface area contributed by atoms with Gasteiger partial charge in [0.15, 0.2) is 0 Å². The van der Waals surface area contributed by atoms with Crippen LogP contribution < -0.4 is 21.3 Å². The van der Waals surface area contributed by atoms with Gasteiger partial charge >= 0.3 is 12.1 Å². The van der Waals surface area contributed by atoms with Crippen molar-refractivity contribution in [1.29, 1.82) is 0 Å². The van der Waals surface area contributed by atoms with E-state index in [1.54, 1.807) is 14.1 Å². The molecule has 0 aromatic rings. The molecule has 1 saturated heterocycles. The molecule has 7 fully saturated rings. The van der Waals surface area contributed by atoms with E-state index in [1.807, 2.05) is 7.05 Å². The summed E-state index contributed by atoms with van der Waals surface area (Å²) in [5, 5.41) is 12.2. The average Bonchev–Trinajstić information content (AvgIpc) is 3.63. The highest BCUT2D eigenvalue weighted by molar-refractivity contribution is 5.91. The average molecular weight is 719 g/mol. The Morgan fingerprint density at radius 2 is 1.23 bits per heavy atom. The molecule has 10 heteroatoms. The predicted molar refractivity (Wildman–Crippen MR) is 201 cm³/mol. The number of carbonyl (C=O) groups is 4. The monoisotopic (exact) mass is 719 g/mol. The van der Waals surface area contributed by atoms with Crippen molar-refractivity contribution < 1.29 is 19.2 Å². The van der Waals surface area contributed by atoms with E-state index in [0.717, 1.165) is 83.5 Å². The van der Waals surface area contributed by atoms with Crippen molar-refractivity contribution in [2.24, 2.45) is 57.2 Å². The van der Waals surface area contributed by atoms with E-state index in [4.69, 9.17) is 0 Å². The Labute approximate surface area is 311 Å². The SMILES string of the molecule is CNC(=O)NC1CC[C@H]2[C@@H]3CCC4N(C)C(=O)C=C(C56CC[C@@H]7[C@@H](CC[C@]8(C)C(NC(=O)NC)CC[C@@H]78)[C@@]5(C)CCC(=O)N6C)[C@]4(C)[C@@H]3CC[C@]12C. The zero-order valence-corrected chi connectivity index (χ0v) is 33.2. The molecule has 52 heavy (non-hydrogen) atoms. The first-order valence-corrected chi connectivity index (χ1v) is 20.8. The normalized spacial score (nSPS) is 49.3. The summed E-state index contributed by atoms with van der Waals surface area (Å²) in [6.45, 7) is 9.90. The summed E-state index contributed by atoms with van der Waals surface area (Å²) in [5.41, 5.74) is 0.477. The van der Waals surface area contributed by atoms with E-state index in [9.17, 15) is 19.2 Å². The quantitative estimate of drug-likeness (QED) is 0.294. The number of hydrogen-bond donors (Lipinski definition) is 4. The molecule has 2 aliphatic heterocycles. The Morgan fingerprint density at radius 1 is 0.673 bits per heavy atom. The fourth-order valence-corrected chi connectivity index (χ4v) is 16.1. The summed E-state index contributed by atoms with van der Waals surface area (Å²) >= 11 is 0. The van der Waals surface area contributed by atoms with Gasteiger partial charge in [-0.05, 0) is 141 Å². The van der Waals surface area contributed by atoms with E-state index < -0.39 is 5.54 Å². The molecule has 8 rings (SSSR count). The van der Waals surface area contributed by atoms with Gasteiger partial charge in [0.05, 0.1) is 5.54 Å². The third-order valence-electron chi connectivity index (χ3n) is 18.7. The topological polar surface area (TPSA) is 123 Å². The predicted octanol–water partition coefficient (Wildman–Crippen LogP) is 5.82. The van der Waals surface area contributed by atoms with E-state index >= 15 is 0 Å². The maximum atomic E-state index is 14.3. The second-order valence-corrected chi connectivity index (χ2v) is 19.7. The summed E-state index contributed by atoms with van der Waals surface area (Å²) in [6, 6.07) is 0.296. The van der Waals surface area contributed by atoms with Crippen LogP contribution in [0.3, 0.4) is 0 Å². The fraction of sp³-hybridized carbons (Fsp3) is 0.857. The van der Waals surface area contributed by atoms with Crippen molar-refractivity contribution in [2.75, 3.05) is 28.2 Å². The fourth-order valence-electron chi connectivity index (χ4n) is 16.1. The van der Waals surface area contributed by atoms with Crippen LogP contribution in [-0.2, 0) is 9.59 Å². The lowest BCUT2D eigenvalue weighted by atomic mass is 9.38. The van der Waals surface area contributed by atoms with E-state index in [1.165, 1.54) is 5.57 Å². The molecule has 0 radical (unpaired) electrons. The van der Waals surface area contributed by atoms with Gasteiger partial charge < -0.3 is 31.1 Å². The van der Waals surface area contributed by atoms with Crippen LogP contribution in [0, 0.1) is 57.2 Å². The lowest BCUT2D eigenvalue weighted by molar-refractivity contribution is -0.187. The first-order chi connectivity index (χ1) is 24.6. The van der Waals surface area contributed by atoms with Crippen LogP contribution in [0.1, 0.15) is 118 Å². The number of piperidine rings is 1. The standard InChI is InChI=1S/C42H66N6O4/c1-38-19-16-28-25(27(38)11-13-31(38)45-36(51)43-5)15-22-42(40(28,3)21-18-34(49)48(42)8)30-23-35(50)47(7)33-14-9-24-26-10-12-32(46-37(52)44-6)39(26,2)20-17-29(24)41(30,33)4/h23-29,31-33H,9-22H2,1-8H3,(H2,43,45,51)(H2,44,46,52)/t24-,25-,26-,27-,28+,29+,31?,32?,33?,38-,39-,40+,41-,42?/m0/s1. The minimum Gasteiger partial charge on any atom is -0.341 e. The van der Waals surface area contributed by atoms with Gasteiger partial charge in [0, 0.05) is 64.2 Å². The highest BCUT2D eigenvalue weighted by atomic mass is 16.2. The second kappa shape index (κ2) is 12.1. The smallest absolute Gasteiger partial charge is 0.314 e. The molecule has 10 nitrogen and oxygen atoms in total. The molecule has 4 N–H and O–H groups in total. The number of urea groups is 2. The molecule has 0 aromatic carbocycles. The third-order valence-corrected chi connectivity index (χ3v) is 18.7. The Kier molecular flexibility index (Phi) is 8.43. The van der Waals surface area contributed by atoms with Crippen LogP contribution in [0.5, 0.6) is 0 Å². The maximum Gasteiger partial charge on any atom is 0.314 e. The van der Waals surface area contributed by atoms with Gasteiger partial charge in [0.1, 0.15) is 0 Å². The van der Waals surface area contributed by atoms with Crippen LogP contribution >= 0.6 is 0 Å². The minimum absolute atomic E-state index is 0.0557. The van der Waals surface area contributed by atoms with Gasteiger partial charge in [-0.3, -0.25) is 9.59 Å². The number of likely N-dealkylation sites (tertiary alicyclic amines) is 1. The molecule has 0 spiro atoms. The number of likely N-dealkylation sites (N-methyl/N-ethyl adjacent to an activating group) is 2. The van der Waals surface area contributed by atoms with Crippen LogP contribution in [-0.4, -0.2) is 85.5 Å². The van der Waals surface area contributed by atoms with Crippen LogP contribution in [0.4, 0.5) is 9.59 Å². The number of carbonyl (C=O) groups excluding carboxylic acids is 4.